The Morgan fingerprint density at radius 3 is 2.24 bits per heavy atom. The average molecular weight is 593 g/mol. The van der Waals surface area contributed by atoms with Crippen molar-refractivity contribution in [3.05, 3.63) is 40.1 Å². The van der Waals surface area contributed by atoms with Crippen molar-refractivity contribution >= 4 is 28.0 Å². The number of halogens is 1. The molecule has 1 aromatic heterocycles. The second-order valence-electron chi connectivity index (χ2n) is 12.2. The number of benzene rings is 1. The third-order valence-electron chi connectivity index (χ3n) is 6.65. The largest absolute Gasteiger partial charge is 0.460 e. The van der Waals surface area contributed by atoms with Crippen LogP contribution in [0, 0.1) is 11.8 Å². The first-order chi connectivity index (χ1) is 17.8. The number of hydrogen-bond acceptors (Lipinski definition) is 7. The zero-order valence-electron chi connectivity index (χ0n) is 23.5. The van der Waals surface area contributed by atoms with Gasteiger partial charge in [0.05, 0.1) is 5.92 Å². The minimum atomic E-state index is -0.594. The highest BCUT2D eigenvalue weighted by Crippen LogP contribution is 2.34. The van der Waals surface area contributed by atoms with Gasteiger partial charge in [-0.2, -0.15) is 5.21 Å². The van der Waals surface area contributed by atoms with Crippen LogP contribution >= 0.6 is 15.9 Å². The van der Waals surface area contributed by atoms with Crippen molar-refractivity contribution in [2.24, 2.45) is 11.8 Å². The van der Waals surface area contributed by atoms with Crippen molar-refractivity contribution in [3.63, 3.8) is 0 Å². The molecule has 1 N–H and O–H groups in total. The Balaban J connectivity index is 1.66. The lowest BCUT2D eigenvalue weighted by Crippen LogP contribution is -2.41. The lowest BCUT2D eigenvalue weighted by atomic mass is 9.81. The zero-order valence-corrected chi connectivity index (χ0v) is 25.1. The zero-order chi connectivity index (χ0) is 27.9. The van der Waals surface area contributed by atoms with Gasteiger partial charge in [-0.05, 0) is 90.8 Å². The van der Waals surface area contributed by atoms with E-state index >= 15 is 0 Å². The third kappa shape index (κ3) is 9.67. The highest BCUT2D eigenvalue weighted by molar-refractivity contribution is 9.10. The van der Waals surface area contributed by atoms with Crippen LogP contribution in [0.2, 0.25) is 0 Å². The fourth-order valence-corrected chi connectivity index (χ4v) is 5.10. The van der Waals surface area contributed by atoms with Crippen molar-refractivity contribution in [2.45, 2.75) is 97.2 Å². The molecule has 2 heterocycles. The molecule has 3 rings (SSSR count). The molecule has 1 aliphatic rings. The summed E-state index contributed by atoms with van der Waals surface area (Å²) in [5.41, 5.74) is 0.00496. The van der Waals surface area contributed by atoms with Gasteiger partial charge in [0.1, 0.15) is 11.2 Å². The minimum absolute atomic E-state index is 0.232. The molecule has 0 spiro atoms. The molecular weight excluding hydrogens is 550 g/mol. The first-order valence-corrected chi connectivity index (χ1v) is 14.3. The fourth-order valence-electron chi connectivity index (χ4n) is 4.83. The molecule has 38 heavy (non-hydrogen) atoms. The number of nitrogens with zero attached hydrogens (tertiary/aromatic N) is 4. The summed E-state index contributed by atoms with van der Waals surface area (Å²) >= 11 is 3.49. The highest BCUT2D eigenvalue weighted by atomic mass is 79.9. The van der Waals surface area contributed by atoms with Crippen molar-refractivity contribution in [1.82, 2.24) is 25.5 Å². The summed E-state index contributed by atoms with van der Waals surface area (Å²) in [5.74, 6) is 0.123. The Labute approximate surface area is 234 Å². The van der Waals surface area contributed by atoms with Gasteiger partial charge in [-0.15, -0.1) is 10.2 Å². The number of rotatable bonds is 9. The van der Waals surface area contributed by atoms with Crippen molar-refractivity contribution < 1.29 is 19.1 Å². The first-order valence-electron chi connectivity index (χ1n) is 13.5. The molecule has 0 radical (unpaired) electrons. The number of amides is 1. The van der Waals surface area contributed by atoms with Gasteiger partial charge in [-0.25, -0.2) is 4.79 Å². The summed E-state index contributed by atoms with van der Waals surface area (Å²) in [4.78, 5) is 27.7. The quantitative estimate of drug-likeness (QED) is 0.352. The summed E-state index contributed by atoms with van der Waals surface area (Å²) in [5, 5.41) is 14.9. The number of aromatic nitrogens is 4. The Bertz CT molecular complexity index is 1020. The first kappa shape index (κ1) is 30.1. The number of piperidine rings is 1. The number of nitrogens with one attached hydrogen (secondary N) is 1. The Kier molecular flexibility index (Phi) is 10.3. The molecule has 2 aromatic rings. The molecule has 0 bridgehead atoms. The maximum Gasteiger partial charge on any atom is 0.410 e. The number of H-pyrrole nitrogens is 1. The van der Waals surface area contributed by atoms with Gasteiger partial charge in [-0.3, -0.25) is 4.79 Å². The minimum Gasteiger partial charge on any atom is -0.460 e. The van der Waals surface area contributed by atoms with E-state index < -0.39 is 17.1 Å². The molecule has 10 heteroatoms. The van der Waals surface area contributed by atoms with Crippen LogP contribution in [0.3, 0.4) is 0 Å². The lowest BCUT2D eigenvalue weighted by Gasteiger charge is -2.34. The molecule has 9 nitrogen and oxygen atoms in total. The number of aromatic amines is 1. The van der Waals surface area contributed by atoms with Gasteiger partial charge in [0.2, 0.25) is 0 Å². The molecule has 1 aromatic carbocycles. The molecule has 1 aliphatic heterocycles. The van der Waals surface area contributed by atoms with Gasteiger partial charge in [-0.1, -0.05) is 46.1 Å². The van der Waals surface area contributed by atoms with Crippen LogP contribution in [0.15, 0.2) is 28.7 Å². The predicted molar refractivity (Wildman–Crippen MR) is 148 cm³/mol. The van der Waals surface area contributed by atoms with Gasteiger partial charge in [0.15, 0.2) is 5.82 Å². The Morgan fingerprint density at radius 2 is 1.68 bits per heavy atom. The summed E-state index contributed by atoms with van der Waals surface area (Å²) in [6.07, 6.45) is 4.75. The van der Waals surface area contributed by atoms with E-state index in [4.69, 9.17) is 9.47 Å². The SMILES string of the molecule is CC(C)(C)OC(=O)C(CCCC1CCN(C(=O)OC(C)(C)C)CC1)C(Cc1ccc(Br)cc1)c1nn[nH]n1. The van der Waals surface area contributed by atoms with Gasteiger partial charge < -0.3 is 14.4 Å². The Morgan fingerprint density at radius 1 is 1.05 bits per heavy atom. The summed E-state index contributed by atoms with van der Waals surface area (Å²) in [6, 6.07) is 8.08. The van der Waals surface area contributed by atoms with E-state index in [1.165, 1.54) is 0 Å². The van der Waals surface area contributed by atoms with Crippen LogP contribution < -0.4 is 0 Å². The molecular formula is C28H42BrN5O4. The van der Waals surface area contributed by atoms with Crippen LogP contribution in [0.25, 0.3) is 0 Å². The number of esters is 1. The molecule has 2 atom stereocenters. The normalized spacial score (nSPS) is 16.7. The molecule has 1 fully saturated rings. The fraction of sp³-hybridized carbons (Fsp3) is 0.679. The number of likely N-dealkylation sites (tertiary alicyclic amines) is 1. The molecule has 1 amide bonds. The highest BCUT2D eigenvalue weighted by Gasteiger charge is 2.36. The summed E-state index contributed by atoms with van der Waals surface area (Å²) in [6.45, 7) is 12.7. The molecule has 2 unspecified atom stereocenters. The summed E-state index contributed by atoms with van der Waals surface area (Å²) in [7, 11) is 0. The van der Waals surface area contributed by atoms with Crippen molar-refractivity contribution in [3.8, 4) is 0 Å². The molecule has 1 saturated heterocycles. The van der Waals surface area contributed by atoms with E-state index in [9.17, 15) is 9.59 Å². The number of ether oxygens (including phenoxy) is 2. The number of carbonyl (C=O) groups is 2. The topological polar surface area (TPSA) is 110 Å². The number of tetrazole rings is 1. The lowest BCUT2D eigenvalue weighted by molar-refractivity contribution is -0.161. The molecule has 210 valence electrons. The second kappa shape index (κ2) is 13.0. The third-order valence-corrected chi connectivity index (χ3v) is 7.18. The second-order valence-corrected chi connectivity index (χ2v) is 13.1. The van der Waals surface area contributed by atoms with Gasteiger partial charge >= 0.3 is 12.1 Å². The van der Waals surface area contributed by atoms with Crippen LogP contribution in [-0.4, -0.2) is 61.9 Å². The van der Waals surface area contributed by atoms with Gasteiger partial charge in [0, 0.05) is 23.5 Å². The monoisotopic (exact) mass is 591 g/mol. The standard InChI is InChI=1S/C28H42BrN5O4/c1-27(2,3)37-25(35)22(23(24-30-32-33-31-24)18-20-10-12-21(29)13-11-20)9-7-8-19-14-16-34(17-15-19)26(36)38-28(4,5)6/h10-13,19,22-23H,7-9,14-18H2,1-6H3,(H,30,31,32,33). The van der Waals surface area contributed by atoms with E-state index in [1.54, 1.807) is 4.90 Å². The van der Waals surface area contributed by atoms with E-state index in [-0.39, 0.29) is 18.0 Å². The van der Waals surface area contributed by atoms with Crippen molar-refractivity contribution in [2.75, 3.05) is 13.1 Å². The Hall–Kier alpha value is -2.49. The van der Waals surface area contributed by atoms with Crippen LogP contribution in [0.1, 0.15) is 91.0 Å². The number of carbonyl (C=O) groups excluding carboxylic acids is 2. The number of hydrogen-bond donors (Lipinski definition) is 1. The maximum atomic E-state index is 13.5. The van der Waals surface area contributed by atoms with Crippen molar-refractivity contribution in [1.29, 1.82) is 0 Å². The van der Waals surface area contributed by atoms with E-state index in [0.29, 0.717) is 37.7 Å². The predicted octanol–water partition coefficient (Wildman–Crippen LogP) is 6.06. The van der Waals surface area contributed by atoms with E-state index in [1.807, 2.05) is 65.8 Å². The summed E-state index contributed by atoms with van der Waals surface area (Å²) < 4.78 is 12.4. The average Bonchev–Trinajstić information content (AvgIpc) is 3.35. The van der Waals surface area contributed by atoms with Crippen LogP contribution in [-0.2, 0) is 20.7 Å². The maximum absolute atomic E-state index is 13.5. The van der Waals surface area contributed by atoms with E-state index in [0.717, 1.165) is 35.7 Å². The smallest absolute Gasteiger partial charge is 0.410 e. The van der Waals surface area contributed by atoms with E-state index in [2.05, 4.69) is 36.6 Å². The van der Waals surface area contributed by atoms with Crippen LogP contribution in [0.4, 0.5) is 4.79 Å². The van der Waals surface area contributed by atoms with Gasteiger partial charge in [0.25, 0.3) is 0 Å². The molecule has 0 saturated carbocycles. The molecule has 0 aliphatic carbocycles. The van der Waals surface area contributed by atoms with Crippen LogP contribution in [0.5, 0.6) is 0 Å².